The second kappa shape index (κ2) is 3.75. The SMILES string of the molecule is O=C(O)C(C1CC1)N1CCCCS1(=O)=O. The molecule has 1 saturated carbocycles. The molecule has 0 amide bonds. The van der Waals surface area contributed by atoms with Gasteiger partial charge in [0, 0.05) is 6.54 Å². The Bertz CT molecular complexity index is 360. The van der Waals surface area contributed by atoms with Gasteiger partial charge in [-0.3, -0.25) is 4.79 Å². The van der Waals surface area contributed by atoms with Crippen molar-refractivity contribution in [2.45, 2.75) is 31.7 Å². The normalized spacial score (nSPS) is 28.5. The molecule has 1 unspecified atom stereocenters. The summed E-state index contributed by atoms with van der Waals surface area (Å²) >= 11 is 0. The molecule has 1 saturated heterocycles. The van der Waals surface area contributed by atoms with E-state index in [4.69, 9.17) is 5.11 Å². The largest absolute Gasteiger partial charge is 0.480 e. The summed E-state index contributed by atoms with van der Waals surface area (Å²) in [6.07, 6.45) is 3.09. The second-order valence-corrected chi connectivity index (χ2v) is 6.30. The van der Waals surface area contributed by atoms with Crippen LogP contribution < -0.4 is 0 Å². The van der Waals surface area contributed by atoms with Crippen LogP contribution >= 0.6 is 0 Å². The molecule has 0 aromatic carbocycles. The van der Waals surface area contributed by atoms with Crippen LogP contribution in [0.1, 0.15) is 25.7 Å². The maximum absolute atomic E-state index is 11.7. The molecule has 1 atom stereocenters. The summed E-state index contributed by atoms with van der Waals surface area (Å²) in [5, 5.41) is 9.06. The molecule has 15 heavy (non-hydrogen) atoms. The van der Waals surface area contributed by atoms with Gasteiger partial charge in [-0.05, 0) is 31.6 Å². The van der Waals surface area contributed by atoms with Crippen molar-refractivity contribution >= 4 is 16.0 Å². The zero-order valence-corrected chi connectivity index (χ0v) is 9.24. The highest BCUT2D eigenvalue weighted by atomic mass is 32.2. The minimum absolute atomic E-state index is 0.0374. The van der Waals surface area contributed by atoms with Crippen molar-refractivity contribution in [3.05, 3.63) is 0 Å². The standard InChI is InChI=1S/C9H15NO4S/c11-9(12)8(7-3-4-7)10-5-1-2-6-15(10,13)14/h7-8H,1-6H2,(H,11,12). The number of hydrogen-bond acceptors (Lipinski definition) is 3. The van der Waals surface area contributed by atoms with E-state index in [1.807, 2.05) is 0 Å². The van der Waals surface area contributed by atoms with Gasteiger partial charge in [-0.25, -0.2) is 8.42 Å². The van der Waals surface area contributed by atoms with E-state index in [1.165, 1.54) is 4.31 Å². The maximum atomic E-state index is 11.7. The Morgan fingerprint density at radius 2 is 2.00 bits per heavy atom. The monoisotopic (exact) mass is 233 g/mol. The van der Waals surface area contributed by atoms with Gasteiger partial charge in [0.1, 0.15) is 6.04 Å². The maximum Gasteiger partial charge on any atom is 0.322 e. The first kappa shape index (κ1) is 10.9. The van der Waals surface area contributed by atoms with Gasteiger partial charge in [0.15, 0.2) is 0 Å². The molecule has 5 nitrogen and oxygen atoms in total. The fraction of sp³-hybridized carbons (Fsp3) is 0.889. The Morgan fingerprint density at radius 1 is 1.33 bits per heavy atom. The van der Waals surface area contributed by atoms with E-state index >= 15 is 0 Å². The Morgan fingerprint density at radius 3 is 2.47 bits per heavy atom. The molecule has 86 valence electrons. The van der Waals surface area contributed by atoms with Gasteiger partial charge in [0.2, 0.25) is 10.0 Å². The molecular formula is C9H15NO4S. The predicted octanol–water partition coefficient (Wildman–Crippen LogP) is 0.275. The first-order chi connectivity index (χ1) is 7.02. The quantitative estimate of drug-likeness (QED) is 0.759. The van der Waals surface area contributed by atoms with Crippen LogP contribution in [0.2, 0.25) is 0 Å². The number of carbonyl (C=O) groups is 1. The van der Waals surface area contributed by atoms with Crippen LogP contribution in [-0.2, 0) is 14.8 Å². The highest BCUT2D eigenvalue weighted by Crippen LogP contribution is 2.37. The zero-order valence-electron chi connectivity index (χ0n) is 8.42. The number of nitrogens with zero attached hydrogens (tertiary/aromatic N) is 1. The van der Waals surface area contributed by atoms with Crippen molar-refractivity contribution in [2.24, 2.45) is 5.92 Å². The number of carboxylic acid groups (broad SMARTS) is 1. The minimum atomic E-state index is -3.32. The van der Waals surface area contributed by atoms with Gasteiger partial charge in [0.05, 0.1) is 5.75 Å². The van der Waals surface area contributed by atoms with E-state index in [-0.39, 0.29) is 11.7 Å². The number of hydrogen-bond donors (Lipinski definition) is 1. The number of sulfonamides is 1. The first-order valence-corrected chi connectivity index (χ1v) is 6.85. The van der Waals surface area contributed by atoms with Gasteiger partial charge in [-0.1, -0.05) is 0 Å². The smallest absolute Gasteiger partial charge is 0.322 e. The van der Waals surface area contributed by atoms with Gasteiger partial charge in [-0.15, -0.1) is 0 Å². The van der Waals surface area contributed by atoms with Crippen LogP contribution in [0.4, 0.5) is 0 Å². The van der Waals surface area contributed by atoms with E-state index in [9.17, 15) is 13.2 Å². The summed E-state index contributed by atoms with van der Waals surface area (Å²) in [5.41, 5.74) is 0. The summed E-state index contributed by atoms with van der Waals surface area (Å²) < 4.78 is 24.6. The van der Waals surface area contributed by atoms with Crippen molar-refractivity contribution in [3.8, 4) is 0 Å². The van der Waals surface area contributed by atoms with Gasteiger partial charge in [-0.2, -0.15) is 4.31 Å². The van der Waals surface area contributed by atoms with Crippen molar-refractivity contribution in [3.63, 3.8) is 0 Å². The molecule has 0 aromatic heterocycles. The fourth-order valence-electron chi connectivity index (χ4n) is 2.09. The molecule has 2 aliphatic rings. The van der Waals surface area contributed by atoms with Crippen molar-refractivity contribution in [2.75, 3.05) is 12.3 Å². The van der Waals surface area contributed by atoms with Crippen LogP contribution in [0.3, 0.4) is 0 Å². The zero-order chi connectivity index (χ0) is 11.1. The molecule has 6 heteroatoms. The lowest BCUT2D eigenvalue weighted by molar-refractivity contribution is -0.142. The number of carboxylic acids is 1. The molecule has 1 heterocycles. The van der Waals surface area contributed by atoms with Crippen LogP contribution in [-0.4, -0.2) is 42.1 Å². The molecule has 2 fully saturated rings. The Balaban J connectivity index is 2.22. The molecule has 0 spiro atoms. The summed E-state index contributed by atoms with van der Waals surface area (Å²) in [6, 6.07) is -0.810. The van der Waals surface area contributed by atoms with Crippen molar-refractivity contribution in [1.82, 2.24) is 4.31 Å². The fourth-order valence-corrected chi connectivity index (χ4v) is 3.91. The molecule has 0 aromatic rings. The summed E-state index contributed by atoms with van der Waals surface area (Å²) in [6.45, 7) is 0.371. The minimum Gasteiger partial charge on any atom is -0.480 e. The van der Waals surface area contributed by atoms with Crippen molar-refractivity contribution in [1.29, 1.82) is 0 Å². The third-order valence-electron chi connectivity index (χ3n) is 3.02. The van der Waals surface area contributed by atoms with Crippen LogP contribution in [0.15, 0.2) is 0 Å². The van der Waals surface area contributed by atoms with Gasteiger partial charge >= 0.3 is 5.97 Å². The predicted molar refractivity (Wildman–Crippen MR) is 53.9 cm³/mol. The van der Waals surface area contributed by atoms with E-state index in [0.29, 0.717) is 13.0 Å². The lowest BCUT2D eigenvalue weighted by Gasteiger charge is -2.31. The van der Waals surface area contributed by atoms with E-state index in [2.05, 4.69) is 0 Å². The van der Waals surface area contributed by atoms with E-state index in [0.717, 1.165) is 19.3 Å². The lowest BCUT2D eigenvalue weighted by Crippen LogP contribution is -2.49. The molecule has 1 aliphatic carbocycles. The second-order valence-electron chi connectivity index (χ2n) is 4.25. The summed E-state index contributed by atoms with van der Waals surface area (Å²) in [4.78, 5) is 11.1. The third-order valence-corrected chi connectivity index (χ3v) is 4.95. The molecule has 2 rings (SSSR count). The third kappa shape index (κ3) is 2.15. The summed E-state index contributed by atoms with van der Waals surface area (Å²) in [7, 11) is -3.32. The lowest BCUT2D eigenvalue weighted by atomic mass is 10.2. The Labute approximate surface area is 89.1 Å². The van der Waals surface area contributed by atoms with Crippen LogP contribution in [0, 0.1) is 5.92 Å². The number of aliphatic carboxylic acids is 1. The van der Waals surface area contributed by atoms with Crippen LogP contribution in [0.25, 0.3) is 0 Å². The van der Waals surface area contributed by atoms with E-state index in [1.54, 1.807) is 0 Å². The average Bonchev–Trinajstić information content (AvgIpc) is 2.91. The molecular weight excluding hydrogens is 218 g/mol. The number of rotatable bonds is 3. The molecule has 0 bridgehead atoms. The summed E-state index contributed by atoms with van der Waals surface area (Å²) in [5.74, 6) is -0.859. The molecule has 0 radical (unpaired) electrons. The van der Waals surface area contributed by atoms with Gasteiger partial charge < -0.3 is 5.11 Å². The molecule has 1 N–H and O–H groups in total. The van der Waals surface area contributed by atoms with Gasteiger partial charge in [0.25, 0.3) is 0 Å². The highest BCUT2D eigenvalue weighted by Gasteiger charge is 2.45. The average molecular weight is 233 g/mol. The topological polar surface area (TPSA) is 74.7 Å². The first-order valence-electron chi connectivity index (χ1n) is 5.25. The Hall–Kier alpha value is -0.620. The van der Waals surface area contributed by atoms with E-state index < -0.39 is 22.0 Å². The van der Waals surface area contributed by atoms with Crippen molar-refractivity contribution < 1.29 is 18.3 Å². The molecule has 1 aliphatic heterocycles. The highest BCUT2D eigenvalue weighted by molar-refractivity contribution is 7.89. The Kier molecular flexibility index (Phi) is 2.72. The van der Waals surface area contributed by atoms with Crippen LogP contribution in [0.5, 0.6) is 0 Å².